The first kappa shape index (κ1) is 29.5. The largest absolute Gasteiger partial charge is 0.508 e. The molecule has 2 aromatic rings. The lowest BCUT2D eigenvalue weighted by Crippen LogP contribution is -2.44. The maximum absolute atomic E-state index is 11.0. The fourth-order valence-electron chi connectivity index (χ4n) is 6.86. The molecule has 0 amide bonds. The number of aliphatic imine (C=N–C) groups is 1. The minimum absolute atomic E-state index is 0.294. The first-order chi connectivity index (χ1) is 19.3. The maximum atomic E-state index is 11.0. The molecule has 1 saturated carbocycles. The van der Waals surface area contributed by atoms with Crippen molar-refractivity contribution in [3.8, 4) is 11.5 Å². The summed E-state index contributed by atoms with van der Waals surface area (Å²) in [6, 6.07) is 4.96. The number of phenols is 2. The number of amidine groups is 1. The fourth-order valence-corrected chi connectivity index (χ4v) is 8.98. The van der Waals surface area contributed by atoms with Gasteiger partial charge in [0, 0.05) is 35.3 Å². The first-order valence-corrected chi connectivity index (χ1v) is 16.8. The molecule has 1 fully saturated rings. The lowest BCUT2D eigenvalue weighted by molar-refractivity contribution is 0.155. The van der Waals surface area contributed by atoms with E-state index in [4.69, 9.17) is 11.5 Å². The minimum Gasteiger partial charge on any atom is -0.508 e. The molecule has 8 nitrogen and oxygen atoms in total. The monoisotopic (exact) mass is 586 g/mol. The molecule has 0 bridgehead atoms. The lowest BCUT2D eigenvalue weighted by Gasteiger charge is -2.38. The van der Waals surface area contributed by atoms with Crippen LogP contribution in [0, 0.1) is 0 Å². The van der Waals surface area contributed by atoms with Crippen molar-refractivity contribution in [3.05, 3.63) is 33.8 Å². The van der Waals surface area contributed by atoms with Gasteiger partial charge < -0.3 is 26.6 Å². The Morgan fingerprint density at radius 1 is 0.900 bits per heavy atom. The van der Waals surface area contributed by atoms with Crippen molar-refractivity contribution in [1.82, 2.24) is 14.8 Å². The summed E-state index contributed by atoms with van der Waals surface area (Å²) in [7, 11) is 0. The standard InChI is InChI=1S/C30H46N6O2S2/c1-3-11-35(21-5-7-23-27(17-21)39-29(31)33-23)13-9-19-15-26(38)20(16-25(19)37)10-14-36(12-4-2)22-6-8-24-28(18-22)40-30(32)34-24/h15-16,21-23,27,37-38H,3-14,17-18H2,1-2H3,(H2,31,33)(H2,32,34). The van der Waals surface area contributed by atoms with E-state index in [0.29, 0.717) is 46.4 Å². The molecular weight excluding hydrogens is 541 g/mol. The number of benzene rings is 1. The second-order valence-electron chi connectivity index (χ2n) is 11.7. The summed E-state index contributed by atoms with van der Waals surface area (Å²) in [6.07, 6.45) is 10.0. The highest BCUT2D eigenvalue weighted by atomic mass is 32.2. The van der Waals surface area contributed by atoms with Gasteiger partial charge in [-0.05, 0) is 101 Å². The Kier molecular flexibility index (Phi) is 9.81. The van der Waals surface area contributed by atoms with Gasteiger partial charge >= 0.3 is 0 Å². The Bertz CT molecular complexity index is 1190. The Balaban J connectivity index is 1.18. The van der Waals surface area contributed by atoms with Gasteiger partial charge in [-0.25, -0.2) is 4.98 Å². The topological polar surface area (TPSA) is 124 Å². The SMILES string of the molecule is CCCN(CCc1cc(O)c(CCN(CCC)C2CCC3N=C(N)SC3C2)cc1O)C1CCc2nc(N)sc2C1. The van der Waals surface area contributed by atoms with E-state index in [9.17, 15) is 10.2 Å². The third-order valence-corrected chi connectivity index (χ3v) is 11.0. The maximum Gasteiger partial charge on any atom is 0.180 e. The van der Waals surface area contributed by atoms with Crippen LogP contribution in [-0.2, 0) is 25.7 Å². The number of anilines is 1. The molecule has 40 heavy (non-hydrogen) atoms. The van der Waals surface area contributed by atoms with E-state index in [1.54, 1.807) is 35.2 Å². The summed E-state index contributed by atoms with van der Waals surface area (Å²) >= 11 is 3.37. The van der Waals surface area contributed by atoms with Gasteiger partial charge in [-0.3, -0.25) is 9.89 Å². The van der Waals surface area contributed by atoms with Crippen molar-refractivity contribution in [3.63, 3.8) is 0 Å². The summed E-state index contributed by atoms with van der Waals surface area (Å²) in [6.45, 7) is 8.23. The summed E-state index contributed by atoms with van der Waals surface area (Å²) in [4.78, 5) is 15.6. The number of aryl methyl sites for hydroxylation is 1. The van der Waals surface area contributed by atoms with Crippen LogP contribution in [0.25, 0.3) is 0 Å². The predicted octanol–water partition coefficient (Wildman–Crippen LogP) is 4.55. The van der Waals surface area contributed by atoms with Crippen molar-refractivity contribution in [2.75, 3.05) is 31.9 Å². The number of nitrogen functional groups attached to an aromatic ring is 1. The number of nitrogens with two attached hydrogens (primary N) is 2. The van der Waals surface area contributed by atoms with Crippen LogP contribution in [0.15, 0.2) is 17.1 Å². The average Bonchev–Trinajstić information content (AvgIpc) is 3.50. The zero-order valence-electron chi connectivity index (χ0n) is 24.0. The molecule has 0 spiro atoms. The van der Waals surface area contributed by atoms with Crippen molar-refractivity contribution in [2.45, 2.75) is 101 Å². The molecule has 0 radical (unpaired) electrons. The summed E-state index contributed by atoms with van der Waals surface area (Å²) in [5.41, 5.74) is 14.8. The lowest BCUT2D eigenvalue weighted by atomic mass is 9.89. The average molecular weight is 587 g/mol. The van der Waals surface area contributed by atoms with E-state index in [2.05, 4.69) is 33.6 Å². The fraction of sp³-hybridized carbons (Fsp3) is 0.667. The summed E-state index contributed by atoms with van der Waals surface area (Å²) in [5.74, 6) is 0.591. The molecule has 0 saturated heterocycles. The molecule has 2 aliphatic carbocycles. The molecule has 5 rings (SSSR count). The van der Waals surface area contributed by atoms with Crippen LogP contribution in [0.2, 0.25) is 0 Å². The van der Waals surface area contributed by atoms with Gasteiger partial charge in [-0.1, -0.05) is 25.6 Å². The molecule has 1 aromatic heterocycles. The highest BCUT2D eigenvalue weighted by molar-refractivity contribution is 8.14. The molecule has 4 unspecified atom stereocenters. The van der Waals surface area contributed by atoms with Crippen LogP contribution < -0.4 is 11.5 Å². The number of thioether (sulfide) groups is 1. The predicted molar refractivity (Wildman–Crippen MR) is 168 cm³/mol. The van der Waals surface area contributed by atoms with Crippen molar-refractivity contribution >= 4 is 33.4 Å². The van der Waals surface area contributed by atoms with Crippen LogP contribution >= 0.6 is 23.1 Å². The molecule has 4 atom stereocenters. The second-order valence-corrected chi connectivity index (χ2v) is 14.0. The first-order valence-electron chi connectivity index (χ1n) is 15.1. The van der Waals surface area contributed by atoms with E-state index in [0.717, 1.165) is 100 Å². The molecule has 6 N–H and O–H groups in total. The molecule has 10 heteroatoms. The molecular formula is C30H46N6O2S2. The van der Waals surface area contributed by atoms with Gasteiger partial charge in [0.2, 0.25) is 0 Å². The minimum atomic E-state index is 0.294. The van der Waals surface area contributed by atoms with Crippen molar-refractivity contribution < 1.29 is 10.2 Å². The second kappa shape index (κ2) is 13.3. The number of hydrogen-bond donors (Lipinski definition) is 4. The van der Waals surface area contributed by atoms with Crippen LogP contribution in [0.5, 0.6) is 11.5 Å². The van der Waals surface area contributed by atoms with Gasteiger partial charge in [0.05, 0.1) is 11.7 Å². The zero-order valence-corrected chi connectivity index (χ0v) is 25.7. The van der Waals surface area contributed by atoms with E-state index in [-0.39, 0.29) is 0 Å². The summed E-state index contributed by atoms with van der Waals surface area (Å²) < 4.78 is 0. The van der Waals surface area contributed by atoms with E-state index in [1.165, 1.54) is 10.6 Å². The molecule has 1 aliphatic heterocycles. The van der Waals surface area contributed by atoms with Crippen molar-refractivity contribution in [1.29, 1.82) is 0 Å². The summed E-state index contributed by atoms with van der Waals surface area (Å²) in [5, 5.41) is 23.8. The number of thiazole rings is 1. The van der Waals surface area contributed by atoms with Gasteiger partial charge in [-0.15, -0.1) is 11.3 Å². The number of aromatic hydroxyl groups is 2. The number of hydrogen-bond acceptors (Lipinski definition) is 10. The molecule has 2 heterocycles. The highest BCUT2D eigenvalue weighted by Gasteiger charge is 2.37. The van der Waals surface area contributed by atoms with Gasteiger partial charge in [0.1, 0.15) is 11.5 Å². The van der Waals surface area contributed by atoms with Crippen LogP contribution in [-0.4, -0.2) is 79.7 Å². The molecule has 1 aromatic carbocycles. The Morgan fingerprint density at radius 3 is 2.20 bits per heavy atom. The smallest absolute Gasteiger partial charge is 0.180 e. The third kappa shape index (κ3) is 6.89. The van der Waals surface area contributed by atoms with E-state index >= 15 is 0 Å². The van der Waals surface area contributed by atoms with E-state index in [1.807, 2.05) is 0 Å². The van der Waals surface area contributed by atoms with E-state index < -0.39 is 0 Å². The Morgan fingerprint density at radius 2 is 1.55 bits per heavy atom. The van der Waals surface area contributed by atoms with Gasteiger partial charge in [-0.2, -0.15) is 0 Å². The number of fused-ring (bicyclic) bond motifs is 2. The number of nitrogens with zero attached hydrogens (tertiary/aromatic N) is 4. The van der Waals surface area contributed by atoms with Crippen LogP contribution in [0.3, 0.4) is 0 Å². The van der Waals surface area contributed by atoms with Crippen molar-refractivity contribution in [2.24, 2.45) is 10.7 Å². The highest BCUT2D eigenvalue weighted by Crippen LogP contribution is 2.38. The number of phenolic OH excluding ortho intramolecular Hbond substituents is 2. The van der Waals surface area contributed by atoms with Gasteiger partial charge in [0.25, 0.3) is 0 Å². The van der Waals surface area contributed by atoms with Crippen LogP contribution in [0.4, 0.5) is 5.13 Å². The Labute approximate surface area is 247 Å². The quantitative estimate of drug-likeness (QED) is 0.267. The zero-order chi connectivity index (χ0) is 28.2. The molecule has 220 valence electrons. The Hall–Kier alpha value is -2.01. The van der Waals surface area contributed by atoms with Gasteiger partial charge in [0.15, 0.2) is 10.3 Å². The molecule has 3 aliphatic rings. The van der Waals surface area contributed by atoms with Crippen LogP contribution in [0.1, 0.15) is 74.1 Å². The normalized spacial score (nSPS) is 24.4. The number of rotatable bonds is 12. The number of aromatic nitrogens is 1. The third-order valence-electron chi connectivity index (χ3n) is 8.90.